The van der Waals surface area contributed by atoms with E-state index in [0.29, 0.717) is 5.56 Å². The number of hydrogen-bond acceptors (Lipinski definition) is 4. The van der Waals surface area contributed by atoms with Gasteiger partial charge < -0.3 is 4.57 Å². The summed E-state index contributed by atoms with van der Waals surface area (Å²) in [6.07, 6.45) is 4.40. The van der Waals surface area contributed by atoms with Crippen molar-refractivity contribution >= 4 is 25.5 Å². The second-order valence-electron chi connectivity index (χ2n) is 3.85. The van der Waals surface area contributed by atoms with Crippen LogP contribution in [0.1, 0.15) is 15.9 Å². The average molecular weight is 288 g/mol. The smallest absolute Gasteiger partial charge is 0.276 e. The first kappa shape index (κ1) is 12.8. The third-order valence-electron chi connectivity index (χ3n) is 2.44. The van der Waals surface area contributed by atoms with Gasteiger partial charge in [-0.3, -0.25) is 9.48 Å². The Labute approximate surface area is 108 Å². The molecule has 0 aliphatic heterocycles. The van der Waals surface area contributed by atoms with Gasteiger partial charge in [-0.2, -0.15) is 5.10 Å². The normalized spacial score (nSPS) is 11.7. The van der Waals surface area contributed by atoms with Crippen molar-refractivity contribution < 1.29 is 13.2 Å². The van der Waals surface area contributed by atoms with Gasteiger partial charge in [0.15, 0.2) is 10.8 Å². The maximum Gasteiger partial charge on any atom is 0.276 e. The van der Waals surface area contributed by atoms with Crippen molar-refractivity contribution in [3.63, 3.8) is 0 Å². The minimum absolute atomic E-state index is 0.114. The molecule has 18 heavy (non-hydrogen) atoms. The van der Waals surface area contributed by atoms with E-state index >= 15 is 0 Å². The Balaban J connectivity index is 2.45. The lowest BCUT2D eigenvalue weighted by Gasteiger charge is -1.95. The third-order valence-corrected chi connectivity index (χ3v) is 3.82. The summed E-state index contributed by atoms with van der Waals surface area (Å²) in [5.74, 6) is -0.301. The Morgan fingerprint density at radius 1 is 1.28 bits per heavy atom. The molecule has 0 spiro atoms. The van der Waals surface area contributed by atoms with Gasteiger partial charge in [0, 0.05) is 42.7 Å². The molecule has 96 valence electrons. The Morgan fingerprint density at radius 2 is 1.94 bits per heavy atom. The molecule has 0 fully saturated rings. The molecule has 6 nitrogen and oxygen atoms in total. The molecule has 0 aliphatic carbocycles. The van der Waals surface area contributed by atoms with Crippen LogP contribution in [0, 0.1) is 0 Å². The van der Waals surface area contributed by atoms with E-state index in [2.05, 4.69) is 5.10 Å². The molecule has 0 saturated heterocycles. The van der Waals surface area contributed by atoms with E-state index in [-0.39, 0.29) is 16.4 Å². The second-order valence-corrected chi connectivity index (χ2v) is 6.36. The molecule has 0 bridgehead atoms. The number of aryl methyl sites for hydroxylation is 2. The van der Waals surface area contributed by atoms with Crippen molar-refractivity contribution in [3.8, 4) is 0 Å². The summed E-state index contributed by atoms with van der Waals surface area (Å²) < 4.78 is 25.3. The second kappa shape index (κ2) is 4.25. The fraction of sp³-hybridized carbons (Fsp3) is 0.200. The number of carbonyl (C=O) groups excluding carboxylic acids is 1. The number of aromatic nitrogens is 3. The zero-order chi connectivity index (χ0) is 13.5. The van der Waals surface area contributed by atoms with Gasteiger partial charge in [0.2, 0.25) is 0 Å². The van der Waals surface area contributed by atoms with Crippen LogP contribution in [0.3, 0.4) is 0 Å². The van der Waals surface area contributed by atoms with Gasteiger partial charge in [0.25, 0.3) is 9.05 Å². The number of rotatable bonds is 3. The number of carbonyl (C=O) groups is 1. The fourth-order valence-corrected chi connectivity index (χ4v) is 2.74. The van der Waals surface area contributed by atoms with Gasteiger partial charge in [-0.15, -0.1) is 0 Å². The van der Waals surface area contributed by atoms with Crippen LogP contribution in [0.2, 0.25) is 0 Å². The summed E-state index contributed by atoms with van der Waals surface area (Å²) in [5, 5.41) is 3.77. The average Bonchev–Trinajstić information content (AvgIpc) is 2.82. The summed E-state index contributed by atoms with van der Waals surface area (Å²) in [6.45, 7) is 0. The van der Waals surface area contributed by atoms with Gasteiger partial charge in [-0.25, -0.2) is 8.42 Å². The lowest BCUT2D eigenvalue weighted by Crippen LogP contribution is -1.98. The highest BCUT2D eigenvalue weighted by atomic mass is 35.7. The van der Waals surface area contributed by atoms with Crippen molar-refractivity contribution in [1.82, 2.24) is 14.3 Å². The Hall–Kier alpha value is -1.60. The monoisotopic (exact) mass is 287 g/mol. The van der Waals surface area contributed by atoms with Crippen LogP contribution in [0.4, 0.5) is 0 Å². The lowest BCUT2D eigenvalue weighted by atomic mass is 10.1. The van der Waals surface area contributed by atoms with Crippen LogP contribution in [-0.4, -0.2) is 28.5 Å². The van der Waals surface area contributed by atoms with Crippen LogP contribution in [0.5, 0.6) is 0 Å². The Kier molecular flexibility index (Phi) is 3.04. The predicted octanol–water partition coefficient (Wildman–Crippen LogP) is 0.917. The summed E-state index contributed by atoms with van der Waals surface area (Å²) in [7, 11) is 4.59. The van der Waals surface area contributed by atoms with E-state index in [1.54, 1.807) is 13.2 Å². The highest BCUT2D eigenvalue weighted by Crippen LogP contribution is 2.19. The molecule has 2 rings (SSSR count). The maximum atomic E-state index is 12.0. The van der Waals surface area contributed by atoms with Crippen LogP contribution in [0.15, 0.2) is 29.7 Å². The van der Waals surface area contributed by atoms with Gasteiger partial charge in [0.05, 0.1) is 11.8 Å². The molecule has 2 aromatic rings. The lowest BCUT2D eigenvalue weighted by molar-refractivity contribution is 0.103. The molecule has 0 atom stereocenters. The Morgan fingerprint density at radius 3 is 2.39 bits per heavy atom. The summed E-state index contributed by atoms with van der Waals surface area (Å²) in [4.78, 5) is 12.0. The molecule has 0 amide bonds. The van der Waals surface area contributed by atoms with Gasteiger partial charge in [-0.1, -0.05) is 0 Å². The van der Waals surface area contributed by atoms with Crippen molar-refractivity contribution in [1.29, 1.82) is 0 Å². The van der Waals surface area contributed by atoms with Crippen LogP contribution < -0.4 is 0 Å². The first-order valence-corrected chi connectivity index (χ1v) is 7.24. The third kappa shape index (κ3) is 2.32. The van der Waals surface area contributed by atoms with Gasteiger partial charge in [-0.05, 0) is 6.07 Å². The molecule has 0 unspecified atom stereocenters. The van der Waals surface area contributed by atoms with Crippen LogP contribution >= 0.6 is 10.7 Å². The predicted molar refractivity (Wildman–Crippen MR) is 65.1 cm³/mol. The minimum atomic E-state index is -3.86. The van der Waals surface area contributed by atoms with E-state index < -0.39 is 9.05 Å². The van der Waals surface area contributed by atoms with Gasteiger partial charge in [0.1, 0.15) is 0 Å². The molecule has 0 aliphatic rings. The first-order chi connectivity index (χ1) is 8.29. The highest BCUT2D eigenvalue weighted by Gasteiger charge is 2.20. The molecule has 0 saturated carbocycles. The highest BCUT2D eigenvalue weighted by molar-refractivity contribution is 8.13. The Bertz CT molecular complexity index is 715. The van der Waals surface area contributed by atoms with Crippen LogP contribution in [-0.2, 0) is 23.1 Å². The zero-order valence-corrected chi connectivity index (χ0v) is 11.2. The quantitative estimate of drug-likeness (QED) is 0.621. The molecule has 0 aromatic carbocycles. The number of halogens is 1. The first-order valence-electron chi connectivity index (χ1n) is 4.93. The van der Waals surface area contributed by atoms with Crippen molar-refractivity contribution in [2.45, 2.75) is 5.03 Å². The number of ketones is 1. The number of hydrogen-bond donors (Lipinski definition) is 0. The van der Waals surface area contributed by atoms with E-state index in [0.717, 1.165) is 0 Å². The maximum absolute atomic E-state index is 12.0. The molecular weight excluding hydrogens is 278 g/mol. The standard InChI is InChI=1S/C10H10ClN3O3S/c1-13-5-7(3-9(13)18(11,16)17)10(15)8-4-12-14(2)6-8/h3-6H,1-2H3. The molecule has 8 heteroatoms. The summed E-state index contributed by atoms with van der Waals surface area (Å²) in [5.41, 5.74) is 0.645. The van der Waals surface area contributed by atoms with Crippen molar-refractivity contribution in [3.05, 3.63) is 35.8 Å². The van der Waals surface area contributed by atoms with Crippen molar-refractivity contribution in [2.75, 3.05) is 0 Å². The topological polar surface area (TPSA) is 74.0 Å². The van der Waals surface area contributed by atoms with Gasteiger partial charge >= 0.3 is 0 Å². The SMILES string of the molecule is Cn1cc(C(=O)c2cc(S(=O)(=O)Cl)n(C)c2)cn1. The zero-order valence-electron chi connectivity index (χ0n) is 9.66. The molecule has 0 N–H and O–H groups in total. The largest absolute Gasteiger partial charge is 0.340 e. The van der Waals surface area contributed by atoms with E-state index in [1.807, 2.05) is 0 Å². The van der Waals surface area contributed by atoms with Crippen LogP contribution in [0.25, 0.3) is 0 Å². The molecule has 0 radical (unpaired) electrons. The molecule has 2 heterocycles. The van der Waals surface area contributed by atoms with Crippen molar-refractivity contribution in [2.24, 2.45) is 14.1 Å². The minimum Gasteiger partial charge on any atom is -0.340 e. The van der Waals surface area contributed by atoms with E-state index in [4.69, 9.17) is 10.7 Å². The fourth-order valence-electron chi connectivity index (χ4n) is 1.62. The molecular formula is C10H10ClN3O3S. The summed E-state index contributed by atoms with van der Waals surface area (Å²) in [6, 6.07) is 1.25. The number of nitrogens with zero attached hydrogens (tertiary/aromatic N) is 3. The van der Waals surface area contributed by atoms with E-state index in [1.165, 1.54) is 34.8 Å². The van der Waals surface area contributed by atoms with E-state index in [9.17, 15) is 13.2 Å². The molecule has 2 aromatic heterocycles. The summed E-state index contributed by atoms with van der Waals surface area (Å²) >= 11 is 0.